The molecule has 0 saturated heterocycles. The summed E-state index contributed by atoms with van der Waals surface area (Å²) >= 11 is 0. The van der Waals surface area contributed by atoms with Crippen LogP contribution in [0.3, 0.4) is 0 Å². The van der Waals surface area contributed by atoms with Crippen LogP contribution < -0.4 is 10.6 Å². The second-order valence-corrected chi connectivity index (χ2v) is 3.55. The SMILES string of the molecule is Nc1cccc(N(C(=O)O)c2ccccc2)c1. The van der Waals surface area contributed by atoms with Crippen LogP contribution in [0.25, 0.3) is 0 Å². The number of nitrogens with two attached hydrogens (primary N) is 1. The average Bonchev–Trinajstić information content (AvgIpc) is 2.30. The monoisotopic (exact) mass is 228 g/mol. The molecule has 4 heteroatoms. The molecule has 0 unspecified atom stereocenters. The van der Waals surface area contributed by atoms with Crippen LogP contribution in [0.15, 0.2) is 54.6 Å². The van der Waals surface area contributed by atoms with Gasteiger partial charge in [-0.3, -0.25) is 0 Å². The fraction of sp³-hybridized carbons (Fsp3) is 0. The lowest BCUT2D eigenvalue weighted by Crippen LogP contribution is -2.23. The number of nitrogens with zero attached hydrogens (tertiary/aromatic N) is 1. The quantitative estimate of drug-likeness (QED) is 0.776. The Kier molecular flexibility index (Phi) is 2.96. The van der Waals surface area contributed by atoms with Crippen molar-refractivity contribution < 1.29 is 9.90 Å². The van der Waals surface area contributed by atoms with E-state index >= 15 is 0 Å². The van der Waals surface area contributed by atoms with Gasteiger partial charge in [0.15, 0.2) is 0 Å². The number of nitrogen functional groups attached to an aromatic ring is 1. The van der Waals surface area contributed by atoms with Gasteiger partial charge in [0.05, 0.1) is 11.4 Å². The van der Waals surface area contributed by atoms with E-state index in [1.54, 1.807) is 48.5 Å². The lowest BCUT2D eigenvalue weighted by Gasteiger charge is -2.19. The largest absolute Gasteiger partial charge is 0.464 e. The average molecular weight is 228 g/mol. The number of hydrogen-bond donors (Lipinski definition) is 2. The van der Waals surface area contributed by atoms with Gasteiger partial charge in [-0.2, -0.15) is 0 Å². The molecule has 0 radical (unpaired) electrons. The highest BCUT2D eigenvalue weighted by molar-refractivity contribution is 5.95. The van der Waals surface area contributed by atoms with E-state index < -0.39 is 6.09 Å². The molecule has 1 amide bonds. The van der Waals surface area contributed by atoms with Crippen LogP contribution in [0.1, 0.15) is 0 Å². The van der Waals surface area contributed by atoms with E-state index in [-0.39, 0.29) is 0 Å². The van der Waals surface area contributed by atoms with Gasteiger partial charge < -0.3 is 10.8 Å². The van der Waals surface area contributed by atoms with Gasteiger partial charge in [0.25, 0.3) is 0 Å². The lowest BCUT2D eigenvalue weighted by atomic mass is 10.2. The summed E-state index contributed by atoms with van der Waals surface area (Å²) in [5, 5.41) is 9.26. The van der Waals surface area contributed by atoms with Crippen molar-refractivity contribution in [1.82, 2.24) is 0 Å². The molecule has 0 saturated carbocycles. The van der Waals surface area contributed by atoms with Gasteiger partial charge in [-0.25, -0.2) is 9.69 Å². The number of rotatable bonds is 2. The predicted octanol–water partition coefficient (Wildman–Crippen LogP) is 3.08. The number of para-hydroxylation sites is 1. The molecule has 0 fully saturated rings. The van der Waals surface area contributed by atoms with Crippen LogP contribution in [0, 0.1) is 0 Å². The minimum absolute atomic E-state index is 0.531. The topological polar surface area (TPSA) is 66.6 Å². The molecule has 3 N–H and O–H groups in total. The first-order valence-electron chi connectivity index (χ1n) is 5.12. The fourth-order valence-electron chi connectivity index (χ4n) is 1.61. The van der Waals surface area contributed by atoms with Gasteiger partial charge in [0.2, 0.25) is 0 Å². The molecule has 2 aromatic carbocycles. The summed E-state index contributed by atoms with van der Waals surface area (Å²) in [7, 11) is 0. The first kappa shape index (κ1) is 11.0. The van der Waals surface area contributed by atoms with E-state index in [4.69, 9.17) is 5.73 Å². The van der Waals surface area contributed by atoms with Crippen LogP contribution in [0.2, 0.25) is 0 Å². The molecule has 86 valence electrons. The molecule has 4 nitrogen and oxygen atoms in total. The summed E-state index contributed by atoms with van der Waals surface area (Å²) in [6, 6.07) is 15.7. The van der Waals surface area contributed by atoms with Gasteiger partial charge in [0.1, 0.15) is 0 Å². The van der Waals surface area contributed by atoms with Crippen LogP contribution in [-0.4, -0.2) is 11.2 Å². The standard InChI is InChI=1S/C13H12N2O2/c14-10-5-4-8-12(9-10)15(13(16)17)11-6-2-1-3-7-11/h1-9H,14H2,(H,16,17). The molecule has 17 heavy (non-hydrogen) atoms. The number of carboxylic acid groups (broad SMARTS) is 1. The normalized spacial score (nSPS) is 9.88. The van der Waals surface area contributed by atoms with E-state index in [0.29, 0.717) is 17.1 Å². The van der Waals surface area contributed by atoms with E-state index in [1.807, 2.05) is 6.07 Å². The Bertz CT molecular complexity index is 526. The number of hydrogen-bond acceptors (Lipinski definition) is 2. The van der Waals surface area contributed by atoms with Crippen molar-refractivity contribution >= 4 is 23.2 Å². The van der Waals surface area contributed by atoms with Gasteiger partial charge in [-0.1, -0.05) is 24.3 Å². The zero-order valence-corrected chi connectivity index (χ0v) is 9.08. The third kappa shape index (κ3) is 2.36. The fourth-order valence-corrected chi connectivity index (χ4v) is 1.61. The molecule has 0 bridgehead atoms. The van der Waals surface area contributed by atoms with Gasteiger partial charge in [0, 0.05) is 5.69 Å². The Morgan fingerprint density at radius 2 is 1.65 bits per heavy atom. The summed E-state index contributed by atoms with van der Waals surface area (Å²) < 4.78 is 0. The Labute approximate surface area is 98.9 Å². The predicted molar refractivity (Wildman–Crippen MR) is 67.5 cm³/mol. The lowest BCUT2D eigenvalue weighted by molar-refractivity contribution is 0.205. The zero-order valence-electron chi connectivity index (χ0n) is 9.08. The van der Waals surface area contributed by atoms with Gasteiger partial charge >= 0.3 is 6.09 Å². The van der Waals surface area contributed by atoms with E-state index in [1.165, 1.54) is 4.90 Å². The van der Waals surface area contributed by atoms with Crippen LogP contribution in [-0.2, 0) is 0 Å². The highest BCUT2D eigenvalue weighted by Crippen LogP contribution is 2.26. The summed E-state index contributed by atoms with van der Waals surface area (Å²) in [5.74, 6) is 0. The van der Waals surface area contributed by atoms with Crippen molar-refractivity contribution in [2.45, 2.75) is 0 Å². The van der Waals surface area contributed by atoms with Crippen LogP contribution >= 0.6 is 0 Å². The summed E-state index contributed by atoms with van der Waals surface area (Å²) in [4.78, 5) is 12.5. The van der Waals surface area contributed by atoms with Crippen molar-refractivity contribution in [2.75, 3.05) is 10.6 Å². The molecule has 2 rings (SSSR count). The third-order valence-corrected chi connectivity index (χ3v) is 2.33. The summed E-state index contributed by atoms with van der Waals surface area (Å²) in [6.07, 6.45) is -1.04. The van der Waals surface area contributed by atoms with Gasteiger partial charge in [-0.05, 0) is 30.3 Å². The number of benzene rings is 2. The molecule has 0 aliphatic rings. The van der Waals surface area contributed by atoms with E-state index in [2.05, 4.69) is 0 Å². The first-order valence-corrected chi connectivity index (χ1v) is 5.12. The van der Waals surface area contributed by atoms with E-state index in [0.717, 1.165) is 0 Å². The molecule has 2 aromatic rings. The molecule has 0 aromatic heterocycles. The van der Waals surface area contributed by atoms with Crippen LogP contribution in [0.5, 0.6) is 0 Å². The second-order valence-electron chi connectivity index (χ2n) is 3.55. The van der Waals surface area contributed by atoms with Crippen LogP contribution in [0.4, 0.5) is 21.9 Å². The molecule has 0 aliphatic carbocycles. The maximum absolute atomic E-state index is 11.3. The Morgan fingerprint density at radius 1 is 1.00 bits per heavy atom. The van der Waals surface area contributed by atoms with Crippen molar-refractivity contribution in [2.24, 2.45) is 0 Å². The molecule has 0 aliphatic heterocycles. The maximum Gasteiger partial charge on any atom is 0.416 e. The minimum atomic E-state index is -1.04. The summed E-state index contributed by atoms with van der Waals surface area (Å²) in [6.45, 7) is 0. The van der Waals surface area contributed by atoms with Crippen molar-refractivity contribution in [1.29, 1.82) is 0 Å². The van der Waals surface area contributed by atoms with Crippen molar-refractivity contribution in [3.8, 4) is 0 Å². The number of amides is 1. The third-order valence-electron chi connectivity index (χ3n) is 2.33. The summed E-state index contributed by atoms with van der Waals surface area (Å²) in [5.41, 5.74) is 7.31. The number of anilines is 3. The molecule has 0 heterocycles. The Balaban J connectivity index is 2.47. The maximum atomic E-state index is 11.3. The zero-order chi connectivity index (χ0) is 12.3. The minimum Gasteiger partial charge on any atom is -0.464 e. The highest BCUT2D eigenvalue weighted by atomic mass is 16.4. The smallest absolute Gasteiger partial charge is 0.416 e. The first-order chi connectivity index (χ1) is 8.18. The van der Waals surface area contributed by atoms with E-state index in [9.17, 15) is 9.90 Å². The molecule has 0 atom stereocenters. The molecule has 0 spiro atoms. The Hall–Kier alpha value is -2.49. The molecular weight excluding hydrogens is 216 g/mol. The second kappa shape index (κ2) is 4.57. The Morgan fingerprint density at radius 3 is 2.24 bits per heavy atom. The van der Waals surface area contributed by atoms with Crippen molar-refractivity contribution in [3.05, 3.63) is 54.6 Å². The van der Waals surface area contributed by atoms with Gasteiger partial charge in [-0.15, -0.1) is 0 Å². The number of carbonyl (C=O) groups is 1. The molecular formula is C13H12N2O2. The highest BCUT2D eigenvalue weighted by Gasteiger charge is 2.16. The van der Waals surface area contributed by atoms with Crippen molar-refractivity contribution in [3.63, 3.8) is 0 Å².